The Morgan fingerprint density at radius 2 is 1.26 bits per heavy atom. The molecule has 8 heteroatoms. The number of rotatable bonds is 6. The summed E-state index contributed by atoms with van der Waals surface area (Å²) in [4.78, 5) is 0. The third kappa shape index (κ3) is 4.01. The first-order chi connectivity index (χ1) is 8.66. The predicted molar refractivity (Wildman–Crippen MR) is 69.3 cm³/mol. The maximum absolute atomic E-state index is 11.1. The van der Waals surface area contributed by atoms with Crippen LogP contribution in [0.1, 0.15) is 6.42 Å². The minimum atomic E-state index is -3.48. The third-order valence-electron chi connectivity index (χ3n) is 3.75. The molecule has 0 amide bonds. The molecule has 0 radical (unpaired) electrons. The van der Waals surface area contributed by atoms with E-state index in [1.807, 2.05) is 0 Å². The van der Waals surface area contributed by atoms with Crippen LogP contribution < -0.4 is 0 Å². The van der Waals surface area contributed by atoms with E-state index in [1.54, 1.807) is 0 Å². The maximum Gasteiger partial charge on any atom is 0.264 e. The van der Waals surface area contributed by atoms with Gasteiger partial charge < -0.3 is 0 Å². The fraction of sp³-hybridized carbons (Fsp3) is 0.818. The predicted octanol–water partition coefficient (Wildman–Crippen LogP) is 0.377. The van der Waals surface area contributed by atoms with E-state index in [2.05, 4.69) is 12.2 Å². The van der Waals surface area contributed by atoms with Crippen LogP contribution >= 0.6 is 0 Å². The van der Waals surface area contributed by atoms with E-state index in [9.17, 15) is 16.8 Å². The molecule has 0 aromatic rings. The molecule has 0 aliphatic heterocycles. The molecule has 0 spiro atoms. The topological polar surface area (TPSA) is 86.7 Å². The first kappa shape index (κ1) is 15.0. The molecule has 0 aromatic heterocycles. The van der Waals surface area contributed by atoms with Crippen molar-refractivity contribution in [2.75, 3.05) is 25.7 Å². The monoisotopic (exact) mass is 310 g/mol. The van der Waals surface area contributed by atoms with Crippen molar-refractivity contribution >= 4 is 20.2 Å². The van der Waals surface area contributed by atoms with Gasteiger partial charge in [-0.3, -0.25) is 8.37 Å². The van der Waals surface area contributed by atoms with Crippen molar-refractivity contribution in [3.8, 4) is 0 Å². The Kier molecular flexibility index (Phi) is 4.06. The highest BCUT2D eigenvalue weighted by Gasteiger charge is 2.45. The van der Waals surface area contributed by atoms with E-state index < -0.39 is 20.2 Å². The minimum absolute atomic E-state index is 0.00789. The highest BCUT2D eigenvalue weighted by molar-refractivity contribution is 7.86. The zero-order valence-electron chi connectivity index (χ0n) is 10.9. The van der Waals surface area contributed by atoms with Crippen LogP contribution in [-0.4, -0.2) is 42.6 Å². The van der Waals surface area contributed by atoms with Gasteiger partial charge >= 0.3 is 0 Å². The Balaban J connectivity index is 2.01. The molecule has 6 nitrogen and oxygen atoms in total. The molecule has 0 saturated heterocycles. The second-order valence-electron chi connectivity index (χ2n) is 5.25. The Bertz CT molecular complexity index is 512. The molecule has 19 heavy (non-hydrogen) atoms. The minimum Gasteiger partial charge on any atom is -0.270 e. The Morgan fingerprint density at radius 3 is 1.58 bits per heavy atom. The molecular formula is C11H18O6S2. The molecule has 110 valence electrons. The Morgan fingerprint density at radius 1 is 0.895 bits per heavy atom. The molecule has 2 unspecified atom stereocenters. The number of hydrogen-bond acceptors (Lipinski definition) is 6. The smallest absolute Gasteiger partial charge is 0.264 e. The first-order valence-electron chi connectivity index (χ1n) is 6.03. The van der Waals surface area contributed by atoms with Crippen molar-refractivity contribution < 1.29 is 25.2 Å². The van der Waals surface area contributed by atoms with Gasteiger partial charge in [-0.15, -0.1) is 0 Å². The molecule has 0 aromatic carbocycles. The van der Waals surface area contributed by atoms with E-state index in [0.717, 1.165) is 18.9 Å². The third-order valence-corrected chi connectivity index (χ3v) is 4.88. The van der Waals surface area contributed by atoms with Crippen molar-refractivity contribution in [3.63, 3.8) is 0 Å². The van der Waals surface area contributed by atoms with Gasteiger partial charge in [0.1, 0.15) is 0 Å². The molecular weight excluding hydrogens is 292 g/mol. The van der Waals surface area contributed by atoms with Gasteiger partial charge in [0.15, 0.2) is 0 Å². The largest absolute Gasteiger partial charge is 0.270 e. The summed E-state index contributed by atoms with van der Waals surface area (Å²) in [5, 5.41) is 0. The summed E-state index contributed by atoms with van der Waals surface area (Å²) in [6.45, 7) is 0.171. The molecule has 2 aliphatic rings. The van der Waals surface area contributed by atoms with Gasteiger partial charge in [-0.1, -0.05) is 12.2 Å². The Labute approximate surface area is 114 Å². The normalized spacial score (nSPS) is 34.0. The van der Waals surface area contributed by atoms with Crippen LogP contribution in [0.3, 0.4) is 0 Å². The SMILES string of the molecule is CS(=O)(=O)OC[C@@H]1C2C=CC(C2)[C@@H]1COS(C)(=O)=O. The van der Waals surface area contributed by atoms with Crippen LogP contribution in [-0.2, 0) is 28.6 Å². The molecule has 1 saturated carbocycles. The molecule has 2 bridgehead atoms. The van der Waals surface area contributed by atoms with Crippen LogP contribution in [0.15, 0.2) is 12.2 Å². The number of allylic oxidation sites excluding steroid dienone is 2. The van der Waals surface area contributed by atoms with Crippen molar-refractivity contribution in [1.29, 1.82) is 0 Å². The summed E-state index contributed by atoms with van der Waals surface area (Å²) in [6.07, 6.45) is 7.04. The number of fused-ring (bicyclic) bond motifs is 2. The summed E-state index contributed by atoms with van der Waals surface area (Å²) in [5.74, 6) is 0.484. The van der Waals surface area contributed by atoms with E-state index in [4.69, 9.17) is 8.37 Å². The van der Waals surface area contributed by atoms with E-state index in [0.29, 0.717) is 0 Å². The lowest BCUT2D eigenvalue weighted by molar-refractivity contribution is 0.140. The van der Waals surface area contributed by atoms with Gasteiger partial charge in [0.05, 0.1) is 25.7 Å². The van der Waals surface area contributed by atoms with Crippen LogP contribution in [0.25, 0.3) is 0 Å². The standard InChI is InChI=1S/C11H18O6S2/c1-18(12,13)16-6-10-8-3-4-9(5-8)11(10)7-17-19(2,14)15/h3-4,8-11H,5-7H2,1-2H3/t8?,9?,10-,11+. The quantitative estimate of drug-likeness (QED) is 0.520. The molecule has 2 rings (SSSR count). The average Bonchev–Trinajstić information content (AvgIpc) is 2.81. The molecule has 0 heterocycles. The molecule has 1 fully saturated rings. The van der Waals surface area contributed by atoms with Gasteiger partial charge in [0.2, 0.25) is 0 Å². The maximum atomic E-state index is 11.1. The second-order valence-corrected chi connectivity index (χ2v) is 8.54. The van der Waals surface area contributed by atoms with Crippen molar-refractivity contribution in [2.45, 2.75) is 6.42 Å². The van der Waals surface area contributed by atoms with E-state index in [-0.39, 0.29) is 36.9 Å². The van der Waals surface area contributed by atoms with Crippen LogP contribution in [0.4, 0.5) is 0 Å². The average molecular weight is 310 g/mol. The Hall–Kier alpha value is -0.440. The zero-order valence-corrected chi connectivity index (χ0v) is 12.5. The fourth-order valence-electron chi connectivity index (χ4n) is 2.93. The summed E-state index contributed by atoms with van der Waals surface area (Å²) in [7, 11) is -6.96. The summed E-state index contributed by atoms with van der Waals surface area (Å²) in [5.41, 5.74) is 0. The summed E-state index contributed by atoms with van der Waals surface area (Å²) in [6, 6.07) is 0. The lowest BCUT2D eigenvalue weighted by Crippen LogP contribution is -2.29. The zero-order chi connectivity index (χ0) is 14.3. The van der Waals surface area contributed by atoms with Gasteiger partial charge in [0.25, 0.3) is 20.2 Å². The van der Waals surface area contributed by atoms with Crippen molar-refractivity contribution in [2.24, 2.45) is 23.7 Å². The van der Waals surface area contributed by atoms with Crippen molar-refractivity contribution in [1.82, 2.24) is 0 Å². The van der Waals surface area contributed by atoms with Crippen LogP contribution in [0, 0.1) is 23.7 Å². The highest BCUT2D eigenvalue weighted by atomic mass is 32.2. The lowest BCUT2D eigenvalue weighted by atomic mass is 9.84. The highest BCUT2D eigenvalue weighted by Crippen LogP contribution is 2.48. The van der Waals surface area contributed by atoms with Gasteiger partial charge in [-0.2, -0.15) is 16.8 Å². The number of hydrogen-bond donors (Lipinski definition) is 0. The van der Waals surface area contributed by atoms with Gasteiger partial charge in [-0.25, -0.2) is 0 Å². The molecule has 2 aliphatic carbocycles. The second kappa shape index (κ2) is 5.16. The first-order valence-corrected chi connectivity index (χ1v) is 9.66. The summed E-state index contributed by atoms with van der Waals surface area (Å²) < 4.78 is 53.9. The molecule has 4 atom stereocenters. The fourth-order valence-corrected chi connectivity index (χ4v) is 3.73. The van der Waals surface area contributed by atoms with E-state index in [1.165, 1.54) is 0 Å². The van der Waals surface area contributed by atoms with Gasteiger partial charge in [-0.05, 0) is 30.1 Å². The van der Waals surface area contributed by atoms with Gasteiger partial charge in [0, 0.05) is 0 Å². The lowest BCUT2D eigenvalue weighted by Gasteiger charge is -2.26. The van der Waals surface area contributed by atoms with E-state index >= 15 is 0 Å². The van der Waals surface area contributed by atoms with Crippen LogP contribution in [0.5, 0.6) is 0 Å². The van der Waals surface area contributed by atoms with Crippen molar-refractivity contribution in [3.05, 3.63) is 12.2 Å². The molecule has 0 N–H and O–H groups in total. The summed E-state index contributed by atoms with van der Waals surface area (Å²) >= 11 is 0. The van der Waals surface area contributed by atoms with Crippen LogP contribution in [0.2, 0.25) is 0 Å².